The van der Waals surface area contributed by atoms with Gasteiger partial charge in [0.15, 0.2) is 5.96 Å². The van der Waals surface area contributed by atoms with Crippen LogP contribution in [0.2, 0.25) is 0 Å². The maximum Gasteiger partial charge on any atom is 0.410 e. The quantitative estimate of drug-likeness (QED) is 0.813. The number of piperidine rings is 1. The van der Waals surface area contributed by atoms with E-state index in [1.165, 1.54) is 25.9 Å². The first-order valence-electron chi connectivity index (χ1n) is 10.5. The molecule has 0 aromatic heterocycles. The fraction of sp³-hybridized carbons (Fsp3) is 0.900. The van der Waals surface area contributed by atoms with Gasteiger partial charge in [-0.25, -0.2) is 4.79 Å². The van der Waals surface area contributed by atoms with Gasteiger partial charge in [0.1, 0.15) is 5.60 Å². The molecule has 3 aliphatic rings. The smallest absolute Gasteiger partial charge is 0.410 e. The van der Waals surface area contributed by atoms with E-state index in [2.05, 4.69) is 29.0 Å². The van der Waals surface area contributed by atoms with Crippen LogP contribution >= 0.6 is 0 Å². The molecule has 0 radical (unpaired) electrons. The Balaban J connectivity index is 1.44. The van der Waals surface area contributed by atoms with Crippen LogP contribution in [0.4, 0.5) is 4.79 Å². The normalized spacial score (nSPS) is 25.8. The van der Waals surface area contributed by atoms with Crippen molar-refractivity contribution in [2.24, 2.45) is 10.9 Å². The number of carbonyl (C=O) groups excluding carboxylic acids is 1. The van der Waals surface area contributed by atoms with Gasteiger partial charge in [0.05, 0.1) is 12.6 Å². The number of aliphatic imine (C=N–C) groups is 1. The van der Waals surface area contributed by atoms with Crippen LogP contribution in [0.5, 0.6) is 0 Å². The van der Waals surface area contributed by atoms with E-state index >= 15 is 0 Å². The molecule has 0 spiro atoms. The Hall–Kier alpha value is -1.50. The molecule has 154 valence electrons. The SMILES string of the molecule is CC1CCN(C(C)CNC2=NCC3CN(C(=O)OC(C)(C)C)CCN23)CC1. The third-order valence-electron chi connectivity index (χ3n) is 5.86. The second kappa shape index (κ2) is 8.25. The Bertz CT molecular complexity index is 551. The van der Waals surface area contributed by atoms with Crippen molar-refractivity contribution in [3.63, 3.8) is 0 Å². The van der Waals surface area contributed by atoms with Crippen LogP contribution in [0.25, 0.3) is 0 Å². The first-order chi connectivity index (χ1) is 12.7. The van der Waals surface area contributed by atoms with E-state index in [0.29, 0.717) is 19.1 Å². The molecular formula is C20H37N5O2. The van der Waals surface area contributed by atoms with Crippen molar-refractivity contribution in [1.29, 1.82) is 0 Å². The second-order valence-corrected chi connectivity index (χ2v) is 9.39. The average molecular weight is 380 g/mol. The number of rotatable bonds is 3. The zero-order chi connectivity index (χ0) is 19.6. The highest BCUT2D eigenvalue weighted by Gasteiger charge is 2.36. The van der Waals surface area contributed by atoms with Crippen LogP contribution in [0.1, 0.15) is 47.5 Å². The molecule has 0 saturated carbocycles. The Kier molecular flexibility index (Phi) is 6.18. The second-order valence-electron chi connectivity index (χ2n) is 9.39. The summed E-state index contributed by atoms with van der Waals surface area (Å²) in [6, 6.07) is 0.780. The molecule has 1 amide bonds. The molecule has 0 aliphatic carbocycles. The van der Waals surface area contributed by atoms with E-state index in [4.69, 9.17) is 9.73 Å². The molecule has 2 unspecified atom stereocenters. The van der Waals surface area contributed by atoms with E-state index in [1.54, 1.807) is 0 Å². The van der Waals surface area contributed by atoms with Crippen molar-refractivity contribution < 1.29 is 9.53 Å². The monoisotopic (exact) mass is 379 g/mol. The topological polar surface area (TPSA) is 60.4 Å². The number of likely N-dealkylation sites (tertiary alicyclic amines) is 1. The molecule has 3 heterocycles. The third-order valence-corrected chi connectivity index (χ3v) is 5.86. The number of amides is 1. The number of piperazine rings is 1. The summed E-state index contributed by atoms with van der Waals surface area (Å²) in [5.74, 6) is 1.86. The third kappa shape index (κ3) is 5.27. The summed E-state index contributed by atoms with van der Waals surface area (Å²) in [5, 5.41) is 3.57. The fourth-order valence-electron chi connectivity index (χ4n) is 4.06. The Morgan fingerprint density at radius 3 is 2.63 bits per heavy atom. The minimum absolute atomic E-state index is 0.212. The van der Waals surface area contributed by atoms with Crippen molar-refractivity contribution >= 4 is 12.1 Å². The molecule has 3 rings (SSSR count). The van der Waals surface area contributed by atoms with E-state index in [0.717, 1.165) is 31.5 Å². The molecular weight excluding hydrogens is 342 g/mol. The summed E-state index contributed by atoms with van der Waals surface area (Å²) in [4.78, 5) is 23.8. The average Bonchev–Trinajstić information content (AvgIpc) is 3.01. The lowest BCUT2D eigenvalue weighted by Crippen LogP contribution is -2.58. The van der Waals surface area contributed by atoms with Gasteiger partial charge in [0.25, 0.3) is 0 Å². The van der Waals surface area contributed by atoms with E-state index < -0.39 is 5.60 Å². The number of hydrogen-bond donors (Lipinski definition) is 1. The summed E-state index contributed by atoms with van der Waals surface area (Å²) < 4.78 is 5.52. The number of hydrogen-bond acceptors (Lipinski definition) is 6. The minimum atomic E-state index is -0.449. The number of nitrogens with one attached hydrogen (secondary N) is 1. The summed E-state index contributed by atoms with van der Waals surface area (Å²) in [5.41, 5.74) is -0.449. The lowest BCUT2D eigenvalue weighted by atomic mass is 9.98. The van der Waals surface area contributed by atoms with Crippen LogP contribution in [-0.2, 0) is 4.74 Å². The fourth-order valence-corrected chi connectivity index (χ4v) is 4.06. The van der Waals surface area contributed by atoms with E-state index in [9.17, 15) is 4.79 Å². The highest BCUT2D eigenvalue weighted by atomic mass is 16.6. The van der Waals surface area contributed by atoms with Gasteiger partial charge in [0, 0.05) is 32.2 Å². The van der Waals surface area contributed by atoms with Crippen molar-refractivity contribution in [1.82, 2.24) is 20.0 Å². The van der Waals surface area contributed by atoms with Crippen molar-refractivity contribution in [2.45, 2.75) is 65.1 Å². The van der Waals surface area contributed by atoms with Crippen LogP contribution in [0, 0.1) is 5.92 Å². The number of carbonyl (C=O) groups is 1. The number of guanidine groups is 1. The van der Waals surface area contributed by atoms with Crippen molar-refractivity contribution in [3.05, 3.63) is 0 Å². The van der Waals surface area contributed by atoms with Gasteiger partial charge in [-0.1, -0.05) is 6.92 Å². The highest BCUT2D eigenvalue weighted by Crippen LogP contribution is 2.20. The number of ether oxygens (including phenoxy) is 1. The molecule has 27 heavy (non-hydrogen) atoms. The molecule has 3 aliphatic heterocycles. The predicted octanol–water partition coefficient (Wildman–Crippen LogP) is 1.99. The zero-order valence-corrected chi connectivity index (χ0v) is 17.7. The Morgan fingerprint density at radius 2 is 1.96 bits per heavy atom. The van der Waals surface area contributed by atoms with Gasteiger partial charge in [0.2, 0.25) is 0 Å². The predicted molar refractivity (Wildman–Crippen MR) is 108 cm³/mol. The van der Waals surface area contributed by atoms with Gasteiger partial charge in [-0.2, -0.15) is 0 Å². The van der Waals surface area contributed by atoms with Crippen LogP contribution < -0.4 is 5.32 Å². The standard InChI is InChI=1S/C20H37N5O2/c1-15-6-8-23(9-7-15)16(2)12-21-18-22-13-17-14-24(10-11-25(17)18)19(26)27-20(3,4)5/h15-17H,6-14H2,1-5H3,(H,21,22). The molecule has 7 nitrogen and oxygen atoms in total. The summed E-state index contributed by atoms with van der Waals surface area (Å²) in [6.07, 6.45) is 2.40. The molecule has 2 saturated heterocycles. The lowest BCUT2D eigenvalue weighted by molar-refractivity contribution is 0.0137. The van der Waals surface area contributed by atoms with Crippen molar-refractivity contribution in [3.8, 4) is 0 Å². The first kappa shape index (κ1) is 20.2. The van der Waals surface area contributed by atoms with Crippen molar-refractivity contribution in [2.75, 3.05) is 45.8 Å². The molecule has 0 aromatic carbocycles. The summed E-state index contributed by atoms with van der Waals surface area (Å²) >= 11 is 0. The molecule has 0 aromatic rings. The number of nitrogens with zero attached hydrogens (tertiary/aromatic N) is 4. The van der Waals surface area contributed by atoms with Crippen LogP contribution in [0.15, 0.2) is 4.99 Å². The van der Waals surface area contributed by atoms with E-state index in [-0.39, 0.29) is 12.1 Å². The lowest BCUT2D eigenvalue weighted by Gasteiger charge is -2.40. The van der Waals surface area contributed by atoms with Gasteiger partial charge in [-0.05, 0) is 59.5 Å². The Labute approximate surface area is 164 Å². The minimum Gasteiger partial charge on any atom is -0.444 e. The zero-order valence-electron chi connectivity index (χ0n) is 17.7. The first-order valence-corrected chi connectivity index (χ1v) is 10.5. The van der Waals surface area contributed by atoms with E-state index in [1.807, 2.05) is 25.7 Å². The molecule has 2 atom stereocenters. The van der Waals surface area contributed by atoms with Gasteiger partial charge < -0.3 is 19.9 Å². The number of fused-ring (bicyclic) bond motifs is 1. The maximum absolute atomic E-state index is 12.3. The van der Waals surface area contributed by atoms with Crippen LogP contribution in [0.3, 0.4) is 0 Å². The summed E-state index contributed by atoms with van der Waals surface area (Å²) in [6.45, 7) is 16.6. The molecule has 0 bridgehead atoms. The van der Waals surface area contributed by atoms with Gasteiger partial charge in [-0.3, -0.25) is 9.89 Å². The van der Waals surface area contributed by atoms with Gasteiger partial charge >= 0.3 is 6.09 Å². The summed E-state index contributed by atoms with van der Waals surface area (Å²) in [7, 11) is 0. The Morgan fingerprint density at radius 1 is 1.26 bits per heavy atom. The van der Waals surface area contributed by atoms with Crippen LogP contribution in [-0.4, -0.2) is 90.3 Å². The molecule has 2 fully saturated rings. The molecule has 1 N–H and O–H groups in total. The van der Waals surface area contributed by atoms with Gasteiger partial charge in [-0.15, -0.1) is 0 Å². The largest absolute Gasteiger partial charge is 0.444 e. The maximum atomic E-state index is 12.3. The highest BCUT2D eigenvalue weighted by molar-refractivity contribution is 5.82. The molecule has 7 heteroatoms.